The molecule has 2 aromatic rings. The Labute approximate surface area is 132 Å². The van der Waals surface area contributed by atoms with Crippen molar-refractivity contribution in [1.82, 2.24) is 5.32 Å². The number of carbonyl (C=O) groups is 1. The van der Waals surface area contributed by atoms with Gasteiger partial charge >= 0.3 is 0 Å². The Bertz CT molecular complexity index is 704. The normalized spacial score (nSPS) is 10.1. The summed E-state index contributed by atoms with van der Waals surface area (Å²) in [6.45, 7) is 0.293. The predicted octanol–water partition coefficient (Wildman–Crippen LogP) is 2.61. The van der Waals surface area contributed by atoms with Crippen LogP contribution in [0.4, 0.5) is 0 Å². The zero-order valence-corrected chi connectivity index (χ0v) is 12.5. The summed E-state index contributed by atoms with van der Waals surface area (Å²) in [6.07, 6.45) is 0. The van der Waals surface area contributed by atoms with Crippen LogP contribution in [-0.2, 0) is 6.54 Å². The molecule has 21 heavy (non-hydrogen) atoms. The predicted molar refractivity (Wildman–Crippen MR) is 86.6 cm³/mol. The van der Waals surface area contributed by atoms with Crippen molar-refractivity contribution < 1.29 is 9.90 Å². The first-order valence-electron chi connectivity index (χ1n) is 6.13. The van der Waals surface area contributed by atoms with Gasteiger partial charge in [-0.3, -0.25) is 4.79 Å². The molecule has 0 unspecified atom stereocenters. The van der Waals surface area contributed by atoms with Crippen LogP contribution in [0.2, 0.25) is 5.02 Å². The van der Waals surface area contributed by atoms with Gasteiger partial charge < -0.3 is 16.2 Å². The molecular weight excluding hydrogens is 308 g/mol. The highest BCUT2D eigenvalue weighted by Crippen LogP contribution is 2.21. The third kappa shape index (κ3) is 3.93. The molecule has 1 amide bonds. The highest BCUT2D eigenvalue weighted by atomic mass is 35.5. The van der Waals surface area contributed by atoms with Gasteiger partial charge in [0.05, 0.1) is 5.56 Å². The number of thiocarbonyl (C=S) groups is 1. The lowest BCUT2D eigenvalue weighted by molar-refractivity contribution is 0.0948. The fourth-order valence-corrected chi connectivity index (χ4v) is 2.10. The van der Waals surface area contributed by atoms with Crippen LogP contribution in [0, 0.1) is 0 Å². The molecule has 108 valence electrons. The number of halogens is 1. The smallest absolute Gasteiger partial charge is 0.255 e. The molecule has 4 nitrogen and oxygen atoms in total. The molecule has 0 heterocycles. The Hall–Kier alpha value is -2.11. The average molecular weight is 321 g/mol. The first kappa shape index (κ1) is 15.3. The second-order valence-corrected chi connectivity index (χ2v) is 5.29. The lowest BCUT2D eigenvalue weighted by Crippen LogP contribution is -2.23. The Kier molecular flexibility index (Phi) is 4.77. The minimum atomic E-state index is -0.407. The molecule has 6 heteroatoms. The number of amides is 1. The van der Waals surface area contributed by atoms with Gasteiger partial charge in [0.1, 0.15) is 10.7 Å². The molecule has 0 aliphatic rings. The van der Waals surface area contributed by atoms with Crippen molar-refractivity contribution in [2.24, 2.45) is 5.73 Å². The van der Waals surface area contributed by atoms with Crippen molar-refractivity contribution in [3.63, 3.8) is 0 Å². The Morgan fingerprint density at radius 2 is 2.05 bits per heavy atom. The van der Waals surface area contributed by atoms with E-state index in [1.807, 2.05) is 12.1 Å². The molecule has 0 radical (unpaired) electrons. The first-order valence-corrected chi connectivity index (χ1v) is 6.91. The minimum absolute atomic E-state index is 0.117. The van der Waals surface area contributed by atoms with Gasteiger partial charge in [0.2, 0.25) is 0 Å². The molecule has 0 aliphatic heterocycles. The SMILES string of the molecule is NC(=S)c1cccc(CNC(=O)c2cc(Cl)ccc2O)c1. The van der Waals surface area contributed by atoms with E-state index in [1.165, 1.54) is 18.2 Å². The summed E-state index contributed by atoms with van der Waals surface area (Å²) in [5.41, 5.74) is 7.29. The monoisotopic (exact) mass is 320 g/mol. The van der Waals surface area contributed by atoms with E-state index >= 15 is 0 Å². The van der Waals surface area contributed by atoms with E-state index in [1.54, 1.807) is 12.1 Å². The first-order chi connectivity index (χ1) is 9.97. The van der Waals surface area contributed by atoms with Crippen LogP contribution in [0.15, 0.2) is 42.5 Å². The summed E-state index contributed by atoms with van der Waals surface area (Å²) < 4.78 is 0. The molecule has 4 N–H and O–H groups in total. The maximum atomic E-state index is 12.0. The molecule has 0 atom stereocenters. The van der Waals surface area contributed by atoms with E-state index in [-0.39, 0.29) is 11.3 Å². The summed E-state index contributed by atoms with van der Waals surface area (Å²) >= 11 is 10.7. The number of benzene rings is 2. The van der Waals surface area contributed by atoms with Crippen LogP contribution in [0.1, 0.15) is 21.5 Å². The van der Waals surface area contributed by atoms with Crippen LogP contribution in [0.25, 0.3) is 0 Å². The van der Waals surface area contributed by atoms with Gasteiger partial charge in [-0.05, 0) is 29.8 Å². The van der Waals surface area contributed by atoms with Crippen LogP contribution in [-0.4, -0.2) is 16.0 Å². The number of rotatable bonds is 4. The third-order valence-electron chi connectivity index (χ3n) is 2.87. The van der Waals surface area contributed by atoms with E-state index in [2.05, 4.69) is 5.32 Å². The lowest BCUT2D eigenvalue weighted by Gasteiger charge is -2.08. The number of hydrogen-bond acceptors (Lipinski definition) is 3. The van der Waals surface area contributed by atoms with E-state index in [9.17, 15) is 9.90 Å². The van der Waals surface area contributed by atoms with E-state index < -0.39 is 5.91 Å². The summed E-state index contributed by atoms with van der Waals surface area (Å²) in [6, 6.07) is 11.6. The zero-order valence-electron chi connectivity index (χ0n) is 11.0. The maximum absolute atomic E-state index is 12.0. The summed E-state index contributed by atoms with van der Waals surface area (Å²) in [5.74, 6) is -0.524. The quantitative estimate of drug-likeness (QED) is 0.757. The molecule has 0 saturated heterocycles. The Balaban J connectivity index is 2.09. The van der Waals surface area contributed by atoms with Gasteiger partial charge in [0, 0.05) is 17.1 Å². The van der Waals surface area contributed by atoms with Gasteiger partial charge in [-0.2, -0.15) is 0 Å². The topological polar surface area (TPSA) is 75.3 Å². The van der Waals surface area contributed by atoms with E-state index in [4.69, 9.17) is 29.6 Å². The minimum Gasteiger partial charge on any atom is -0.507 e. The average Bonchev–Trinajstić information content (AvgIpc) is 2.47. The molecule has 0 saturated carbocycles. The lowest BCUT2D eigenvalue weighted by atomic mass is 10.1. The van der Waals surface area contributed by atoms with Gasteiger partial charge in [-0.15, -0.1) is 0 Å². The maximum Gasteiger partial charge on any atom is 0.255 e. The molecule has 0 fully saturated rings. The number of nitrogens with two attached hydrogens (primary N) is 1. The number of hydrogen-bond donors (Lipinski definition) is 3. The largest absolute Gasteiger partial charge is 0.507 e. The van der Waals surface area contributed by atoms with Crippen molar-refractivity contribution in [1.29, 1.82) is 0 Å². The van der Waals surface area contributed by atoms with Crippen LogP contribution >= 0.6 is 23.8 Å². The van der Waals surface area contributed by atoms with E-state index in [0.717, 1.165) is 11.1 Å². The van der Waals surface area contributed by atoms with Crippen LogP contribution < -0.4 is 11.1 Å². The van der Waals surface area contributed by atoms with Crippen molar-refractivity contribution in [2.45, 2.75) is 6.54 Å². The molecule has 0 spiro atoms. The Morgan fingerprint density at radius 1 is 1.29 bits per heavy atom. The molecule has 2 aromatic carbocycles. The number of carbonyl (C=O) groups excluding carboxylic acids is 1. The van der Waals surface area contributed by atoms with Crippen LogP contribution in [0.5, 0.6) is 5.75 Å². The number of phenolic OH excluding ortho intramolecular Hbond substituents is 1. The van der Waals surface area contributed by atoms with Gasteiger partial charge in [-0.1, -0.05) is 42.0 Å². The fraction of sp³-hybridized carbons (Fsp3) is 0.0667. The second-order valence-electron chi connectivity index (χ2n) is 4.41. The van der Waals surface area contributed by atoms with E-state index in [0.29, 0.717) is 16.6 Å². The summed E-state index contributed by atoms with van der Waals surface area (Å²) in [4.78, 5) is 12.3. The second kappa shape index (κ2) is 6.56. The van der Waals surface area contributed by atoms with Crippen molar-refractivity contribution >= 4 is 34.7 Å². The number of aromatic hydroxyl groups is 1. The van der Waals surface area contributed by atoms with Gasteiger partial charge in [-0.25, -0.2) is 0 Å². The standard InChI is InChI=1S/C15H13ClN2O2S/c16-11-4-5-13(19)12(7-11)15(20)18-8-9-2-1-3-10(6-9)14(17)21/h1-7,19H,8H2,(H2,17,21)(H,18,20). The molecule has 2 rings (SSSR count). The van der Waals surface area contributed by atoms with Gasteiger partial charge in [0.25, 0.3) is 5.91 Å². The molecule has 0 aliphatic carbocycles. The number of phenols is 1. The molecular formula is C15H13ClN2O2S. The Morgan fingerprint density at radius 3 is 2.76 bits per heavy atom. The number of nitrogens with one attached hydrogen (secondary N) is 1. The van der Waals surface area contributed by atoms with Crippen LogP contribution in [0.3, 0.4) is 0 Å². The highest BCUT2D eigenvalue weighted by molar-refractivity contribution is 7.80. The third-order valence-corrected chi connectivity index (χ3v) is 3.34. The highest BCUT2D eigenvalue weighted by Gasteiger charge is 2.11. The van der Waals surface area contributed by atoms with Crippen molar-refractivity contribution in [3.8, 4) is 5.75 Å². The van der Waals surface area contributed by atoms with Gasteiger partial charge in [0.15, 0.2) is 0 Å². The molecule has 0 aromatic heterocycles. The zero-order chi connectivity index (χ0) is 15.4. The summed E-state index contributed by atoms with van der Waals surface area (Å²) in [7, 11) is 0. The molecule has 0 bridgehead atoms. The fourth-order valence-electron chi connectivity index (χ4n) is 1.80. The van der Waals surface area contributed by atoms with Crippen molar-refractivity contribution in [2.75, 3.05) is 0 Å². The van der Waals surface area contributed by atoms with Crippen molar-refractivity contribution in [3.05, 3.63) is 64.2 Å². The summed E-state index contributed by atoms with van der Waals surface area (Å²) in [5, 5.41) is 12.8.